The lowest BCUT2D eigenvalue weighted by Gasteiger charge is -2.18. The second kappa shape index (κ2) is 9.94. The Morgan fingerprint density at radius 2 is 1.41 bits per heavy atom. The van der Waals surface area contributed by atoms with E-state index in [0.717, 1.165) is 5.76 Å². The number of hydrogen-bond acceptors (Lipinski definition) is 4. The fraction of sp³-hybridized carbons (Fsp3) is 0.370. The molecule has 0 fully saturated rings. The highest BCUT2D eigenvalue weighted by Gasteiger charge is 2.17. The second-order valence-corrected chi connectivity index (χ2v) is 8.03. The van der Waals surface area contributed by atoms with Crippen LogP contribution < -0.4 is 14.8 Å². The zero-order valence-electron chi connectivity index (χ0n) is 20.1. The molecule has 1 N–H and O–H groups in total. The van der Waals surface area contributed by atoms with Crippen LogP contribution in [0.5, 0.6) is 11.5 Å². The Bertz CT molecular complexity index is 1100. The van der Waals surface area contributed by atoms with E-state index >= 15 is 0 Å². The summed E-state index contributed by atoms with van der Waals surface area (Å²) in [5, 5.41) is 2.88. The molecule has 32 heavy (non-hydrogen) atoms. The quantitative estimate of drug-likeness (QED) is 0.441. The fourth-order valence-electron chi connectivity index (χ4n) is 3.93. The van der Waals surface area contributed by atoms with E-state index in [9.17, 15) is 4.79 Å². The van der Waals surface area contributed by atoms with E-state index in [-0.39, 0.29) is 11.7 Å². The van der Waals surface area contributed by atoms with Gasteiger partial charge in [-0.2, -0.15) is 0 Å². The number of amides is 1. The molecule has 0 saturated carbocycles. The molecule has 2 aromatic carbocycles. The van der Waals surface area contributed by atoms with Gasteiger partial charge in [0.25, 0.3) is 5.91 Å². The minimum Gasteiger partial charge on any atom is -0.490 e. The second-order valence-electron chi connectivity index (χ2n) is 8.03. The van der Waals surface area contributed by atoms with Gasteiger partial charge in [-0.3, -0.25) is 4.79 Å². The molecule has 5 heteroatoms. The molecule has 0 radical (unpaired) electrons. The number of benzene rings is 2. The number of furan rings is 1. The number of anilines is 1. The summed E-state index contributed by atoms with van der Waals surface area (Å²) in [4.78, 5) is 12.8. The molecule has 0 aliphatic rings. The molecular weight excluding hydrogens is 402 g/mol. The maximum atomic E-state index is 12.8. The van der Waals surface area contributed by atoms with Gasteiger partial charge in [-0.15, -0.1) is 0 Å². The van der Waals surface area contributed by atoms with Crippen molar-refractivity contribution in [2.75, 3.05) is 18.5 Å². The van der Waals surface area contributed by atoms with E-state index in [1.165, 1.54) is 33.4 Å². The van der Waals surface area contributed by atoms with Crippen molar-refractivity contribution in [1.82, 2.24) is 0 Å². The standard InChI is InChI=1S/C27H33NO4/c1-8-30-24-12-10-21(14-26(24)31-9-2)28-27(29)25-13-11-22(32-25)15-23-19(6)17(4)16(3)18(5)20(23)7/h10-14H,8-9,15H2,1-7H3,(H,28,29). The summed E-state index contributed by atoms with van der Waals surface area (Å²) in [5.74, 6) is 2.01. The normalized spacial score (nSPS) is 10.8. The summed E-state index contributed by atoms with van der Waals surface area (Å²) in [6.45, 7) is 15.7. The molecule has 0 atom stereocenters. The molecule has 1 aromatic heterocycles. The first-order valence-electron chi connectivity index (χ1n) is 11.1. The predicted molar refractivity (Wildman–Crippen MR) is 128 cm³/mol. The van der Waals surface area contributed by atoms with Crippen LogP contribution in [-0.4, -0.2) is 19.1 Å². The SMILES string of the molecule is CCOc1ccc(NC(=O)c2ccc(Cc3c(C)c(C)c(C)c(C)c3C)o2)cc1OCC. The summed E-state index contributed by atoms with van der Waals surface area (Å²) in [7, 11) is 0. The Morgan fingerprint density at radius 3 is 2.03 bits per heavy atom. The van der Waals surface area contributed by atoms with Crippen molar-refractivity contribution in [2.45, 2.75) is 54.9 Å². The molecular formula is C27H33NO4. The van der Waals surface area contributed by atoms with Crippen LogP contribution in [-0.2, 0) is 6.42 Å². The van der Waals surface area contributed by atoms with Gasteiger partial charge in [-0.25, -0.2) is 0 Å². The molecule has 0 aliphatic carbocycles. The van der Waals surface area contributed by atoms with Crippen LogP contribution in [0.3, 0.4) is 0 Å². The average molecular weight is 436 g/mol. The van der Waals surface area contributed by atoms with Gasteiger partial charge < -0.3 is 19.2 Å². The lowest BCUT2D eigenvalue weighted by Crippen LogP contribution is -2.11. The highest BCUT2D eigenvalue weighted by molar-refractivity contribution is 6.02. The summed E-state index contributed by atoms with van der Waals surface area (Å²) < 4.78 is 17.1. The molecule has 3 rings (SSSR count). The zero-order valence-corrected chi connectivity index (χ0v) is 20.1. The van der Waals surface area contributed by atoms with E-state index in [1.54, 1.807) is 24.3 Å². The topological polar surface area (TPSA) is 60.7 Å². The lowest BCUT2D eigenvalue weighted by molar-refractivity contribution is 0.0995. The number of ether oxygens (including phenoxy) is 2. The van der Waals surface area contributed by atoms with Gasteiger partial charge in [0.15, 0.2) is 17.3 Å². The minimum absolute atomic E-state index is 0.280. The van der Waals surface area contributed by atoms with E-state index < -0.39 is 0 Å². The monoisotopic (exact) mass is 435 g/mol. The summed E-state index contributed by atoms with van der Waals surface area (Å²) in [5.41, 5.74) is 8.42. The van der Waals surface area contributed by atoms with Crippen LogP contribution in [0.25, 0.3) is 0 Å². The van der Waals surface area contributed by atoms with Crippen molar-refractivity contribution >= 4 is 11.6 Å². The van der Waals surface area contributed by atoms with Crippen LogP contribution in [0, 0.1) is 34.6 Å². The molecule has 170 valence electrons. The summed E-state index contributed by atoms with van der Waals surface area (Å²) in [6.07, 6.45) is 0.657. The van der Waals surface area contributed by atoms with E-state index in [4.69, 9.17) is 13.9 Å². The van der Waals surface area contributed by atoms with Crippen LogP contribution in [0.1, 0.15) is 63.5 Å². The molecule has 0 aliphatic heterocycles. The smallest absolute Gasteiger partial charge is 0.291 e. The largest absolute Gasteiger partial charge is 0.490 e. The Kier molecular flexibility index (Phi) is 7.29. The van der Waals surface area contributed by atoms with Crippen molar-refractivity contribution < 1.29 is 18.7 Å². The van der Waals surface area contributed by atoms with Gasteiger partial charge in [-0.1, -0.05) is 0 Å². The fourth-order valence-corrected chi connectivity index (χ4v) is 3.93. The van der Waals surface area contributed by atoms with Crippen molar-refractivity contribution in [3.8, 4) is 11.5 Å². The maximum absolute atomic E-state index is 12.8. The Labute approximate surface area is 190 Å². The Balaban J connectivity index is 1.78. The van der Waals surface area contributed by atoms with E-state index in [2.05, 4.69) is 39.9 Å². The number of hydrogen-bond donors (Lipinski definition) is 1. The van der Waals surface area contributed by atoms with Gasteiger partial charge in [0.05, 0.1) is 13.2 Å². The van der Waals surface area contributed by atoms with Gasteiger partial charge in [0.2, 0.25) is 0 Å². The van der Waals surface area contributed by atoms with Gasteiger partial charge in [-0.05, 0) is 106 Å². The summed E-state index contributed by atoms with van der Waals surface area (Å²) >= 11 is 0. The van der Waals surface area contributed by atoms with Crippen LogP contribution >= 0.6 is 0 Å². The van der Waals surface area contributed by atoms with Crippen molar-refractivity contribution in [3.63, 3.8) is 0 Å². The number of rotatable bonds is 8. The predicted octanol–water partition coefficient (Wildman–Crippen LogP) is 6.46. The van der Waals surface area contributed by atoms with E-state index in [0.29, 0.717) is 36.8 Å². The molecule has 1 amide bonds. The lowest BCUT2D eigenvalue weighted by atomic mass is 9.88. The molecule has 0 saturated heterocycles. The first-order chi connectivity index (χ1) is 15.3. The molecule has 0 bridgehead atoms. The third-order valence-corrected chi connectivity index (χ3v) is 6.19. The van der Waals surface area contributed by atoms with Crippen LogP contribution in [0.2, 0.25) is 0 Å². The molecule has 0 spiro atoms. The highest BCUT2D eigenvalue weighted by atomic mass is 16.5. The average Bonchev–Trinajstić information content (AvgIpc) is 3.25. The van der Waals surface area contributed by atoms with Crippen molar-refractivity contribution in [2.24, 2.45) is 0 Å². The summed E-state index contributed by atoms with van der Waals surface area (Å²) in [6, 6.07) is 8.95. The van der Waals surface area contributed by atoms with Crippen molar-refractivity contribution in [1.29, 1.82) is 0 Å². The molecule has 5 nitrogen and oxygen atoms in total. The first kappa shape index (κ1) is 23.5. The molecule has 0 unspecified atom stereocenters. The van der Waals surface area contributed by atoms with E-state index in [1.807, 2.05) is 19.9 Å². The Morgan fingerprint density at radius 1 is 0.812 bits per heavy atom. The number of carbonyl (C=O) groups is 1. The zero-order chi connectivity index (χ0) is 23.4. The maximum Gasteiger partial charge on any atom is 0.291 e. The number of carbonyl (C=O) groups excluding carboxylic acids is 1. The molecule has 1 heterocycles. The minimum atomic E-state index is -0.299. The number of nitrogens with one attached hydrogen (secondary N) is 1. The first-order valence-corrected chi connectivity index (χ1v) is 11.1. The van der Waals surface area contributed by atoms with Crippen LogP contribution in [0.15, 0.2) is 34.7 Å². The van der Waals surface area contributed by atoms with Crippen LogP contribution in [0.4, 0.5) is 5.69 Å². The molecule has 3 aromatic rings. The third-order valence-electron chi connectivity index (χ3n) is 6.19. The Hall–Kier alpha value is -3.21. The highest BCUT2D eigenvalue weighted by Crippen LogP contribution is 2.31. The van der Waals surface area contributed by atoms with Gasteiger partial charge >= 0.3 is 0 Å². The third kappa shape index (κ3) is 4.82. The van der Waals surface area contributed by atoms with Gasteiger partial charge in [0, 0.05) is 18.2 Å². The van der Waals surface area contributed by atoms with Gasteiger partial charge in [0.1, 0.15) is 5.76 Å². The van der Waals surface area contributed by atoms with Crippen molar-refractivity contribution in [3.05, 3.63) is 75.2 Å².